The number of nitrogens with one attached hydrogen (secondary N) is 2. The van der Waals surface area contributed by atoms with Gasteiger partial charge in [-0.2, -0.15) is 0 Å². The van der Waals surface area contributed by atoms with Crippen molar-refractivity contribution >= 4 is 34.9 Å². The van der Waals surface area contributed by atoms with Crippen molar-refractivity contribution in [1.29, 1.82) is 0 Å². The van der Waals surface area contributed by atoms with Gasteiger partial charge in [-0.1, -0.05) is 11.6 Å². The topological polar surface area (TPSA) is 115 Å². The predicted molar refractivity (Wildman–Crippen MR) is 128 cm³/mol. The van der Waals surface area contributed by atoms with Crippen molar-refractivity contribution in [3.8, 4) is 17.2 Å². The van der Waals surface area contributed by atoms with Gasteiger partial charge in [0, 0.05) is 54.0 Å². The number of pyridine rings is 1. The Kier molecular flexibility index (Phi) is 6.83. The lowest BCUT2D eigenvalue weighted by Crippen LogP contribution is -2.29. The van der Waals surface area contributed by atoms with Crippen molar-refractivity contribution in [2.45, 2.75) is 6.92 Å². The molecular weight excluding hydrogens is 477 g/mol. The fourth-order valence-electron chi connectivity index (χ4n) is 3.07. The molecule has 2 aromatic carbocycles. The number of aromatic nitrogens is 3. The summed E-state index contributed by atoms with van der Waals surface area (Å²) in [6.45, 7) is 1.33. The molecular formula is C24H17ClFN5O4. The molecule has 0 bridgehead atoms. The molecule has 0 radical (unpaired) electrons. The van der Waals surface area contributed by atoms with Crippen LogP contribution in [0, 0.1) is 5.82 Å². The van der Waals surface area contributed by atoms with Crippen molar-refractivity contribution in [2.24, 2.45) is 0 Å². The molecule has 4 aromatic rings. The number of rotatable bonds is 6. The van der Waals surface area contributed by atoms with Crippen molar-refractivity contribution in [1.82, 2.24) is 14.5 Å². The highest BCUT2D eigenvalue weighted by Gasteiger charge is 2.16. The maximum absolute atomic E-state index is 14.6. The molecule has 0 aliphatic heterocycles. The molecule has 0 fully saturated rings. The fraction of sp³-hybridized carbons (Fsp3) is 0.0417. The summed E-state index contributed by atoms with van der Waals surface area (Å²) in [6, 6.07) is 13.2. The average molecular weight is 494 g/mol. The van der Waals surface area contributed by atoms with Crippen LogP contribution < -0.4 is 20.9 Å². The van der Waals surface area contributed by atoms with Crippen LogP contribution in [0.25, 0.3) is 5.69 Å². The van der Waals surface area contributed by atoms with Crippen LogP contribution in [0.2, 0.25) is 5.02 Å². The molecule has 2 amide bonds. The van der Waals surface area contributed by atoms with Gasteiger partial charge in [0.05, 0.1) is 0 Å². The van der Waals surface area contributed by atoms with Gasteiger partial charge in [0.25, 0.3) is 11.5 Å². The molecule has 176 valence electrons. The normalized spacial score (nSPS) is 10.5. The van der Waals surface area contributed by atoms with Crippen LogP contribution >= 0.6 is 11.6 Å². The van der Waals surface area contributed by atoms with Gasteiger partial charge in [0.1, 0.15) is 11.6 Å². The molecule has 11 heteroatoms. The Morgan fingerprint density at radius 3 is 2.49 bits per heavy atom. The molecule has 0 atom stereocenters. The van der Waals surface area contributed by atoms with Gasteiger partial charge in [-0.3, -0.25) is 19.0 Å². The molecule has 0 saturated carbocycles. The molecule has 0 unspecified atom stereocenters. The Bertz CT molecular complexity index is 1470. The Balaban J connectivity index is 1.51. The van der Waals surface area contributed by atoms with Gasteiger partial charge in [0.2, 0.25) is 5.91 Å². The average Bonchev–Trinajstić information content (AvgIpc) is 2.81. The summed E-state index contributed by atoms with van der Waals surface area (Å²) in [7, 11) is 0. The summed E-state index contributed by atoms with van der Waals surface area (Å²) in [5, 5.41) is 5.46. The number of anilines is 2. The molecule has 0 saturated heterocycles. The Hall–Kier alpha value is -4.57. The molecule has 9 nitrogen and oxygen atoms in total. The van der Waals surface area contributed by atoms with Gasteiger partial charge >= 0.3 is 0 Å². The molecule has 2 aromatic heterocycles. The van der Waals surface area contributed by atoms with E-state index >= 15 is 0 Å². The van der Waals surface area contributed by atoms with Crippen molar-refractivity contribution in [3.05, 3.63) is 100 Å². The second-order valence-corrected chi connectivity index (χ2v) is 7.62. The van der Waals surface area contributed by atoms with Gasteiger partial charge < -0.3 is 15.4 Å². The Morgan fingerprint density at radius 1 is 1.00 bits per heavy atom. The lowest BCUT2D eigenvalue weighted by Gasteiger charge is -2.11. The van der Waals surface area contributed by atoms with Crippen molar-refractivity contribution < 1.29 is 18.7 Å². The second kappa shape index (κ2) is 10.1. The van der Waals surface area contributed by atoms with Crippen LogP contribution in [-0.2, 0) is 4.79 Å². The number of amides is 2. The smallest absolute Gasteiger partial charge is 0.286 e. The summed E-state index contributed by atoms with van der Waals surface area (Å²) in [5.41, 5.74) is -0.427. The number of benzene rings is 2. The summed E-state index contributed by atoms with van der Waals surface area (Å²) >= 11 is 5.88. The Labute approximate surface area is 203 Å². The van der Waals surface area contributed by atoms with E-state index in [2.05, 4.69) is 20.6 Å². The first kappa shape index (κ1) is 23.6. The number of halogens is 2. The molecule has 0 aliphatic rings. The number of hydrogen-bond donors (Lipinski definition) is 2. The molecule has 35 heavy (non-hydrogen) atoms. The summed E-state index contributed by atoms with van der Waals surface area (Å²) in [6.07, 6.45) is 4.13. The minimum Gasteiger partial charge on any atom is -0.454 e. The first-order valence-electron chi connectivity index (χ1n) is 10.2. The monoisotopic (exact) mass is 493 g/mol. The van der Waals surface area contributed by atoms with Crippen LogP contribution in [-0.4, -0.2) is 26.3 Å². The van der Waals surface area contributed by atoms with Gasteiger partial charge in [-0.05, 0) is 42.5 Å². The third kappa shape index (κ3) is 5.68. The maximum Gasteiger partial charge on any atom is 0.286 e. The predicted octanol–water partition coefficient (Wildman–Crippen LogP) is 4.42. The number of carbonyl (C=O) groups excluding carboxylic acids is 2. The first-order chi connectivity index (χ1) is 16.8. The molecule has 0 aliphatic carbocycles. The highest BCUT2D eigenvalue weighted by atomic mass is 35.5. The van der Waals surface area contributed by atoms with E-state index in [0.29, 0.717) is 10.7 Å². The molecule has 0 spiro atoms. The minimum absolute atomic E-state index is 0.0941. The molecule has 2 N–H and O–H groups in total. The van der Waals surface area contributed by atoms with Crippen LogP contribution in [0.3, 0.4) is 0 Å². The third-order valence-corrected chi connectivity index (χ3v) is 4.87. The van der Waals surface area contributed by atoms with Crippen LogP contribution in [0.5, 0.6) is 11.5 Å². The van der Waals surface area contributed by atoms with E-state index in [4.69, 9.17) is 16.3 Å². The number of hydrogen-bond acceptors (Lipinski definition) is 6. The van der Waals surface area contributed by atoms with Crippen molar-refractivity contribution in [2.75, 3.05) is 10.6 Å². The zero-order chi connectivity index (χ0) is 24.9. The summed E-state index contributed by atoms with van der Waals surface area (Å²) < 4.78 is 21.4. The number of ether oxygens (including phenoxy) is 1. The van der Waals surface area contributed by atoms with E-state index in [1.54, 1.807) is 24.3 Å². The molecule has 4 rings (SSSR count). The van der Waals surface area contributed by atoms with Crippen LogP contribution in [0.4, 0.5) is 15.9 Å². The maximum atomic E-state index is 14.6. The number of nitrogens with zero attached hydrogens (tertiary/aromatic N) is 3. The van der Waals surface area contributed by atoms with E-state index in [-0.39, 0.29) is 34.6 Å². The van der Waals surface area contributed by atoms with E-state index in [1.165, 1.54) is 54.3 Å². The summed E-state index contributed by atoms with van der Waals surface area (Å²) in [4.78, 5) is 44.5. The standard InChI is InChI=1S/C24H17ClFN5O4/c1-14(32)29-21-13-18(8-9-27-21)35-20-7-4-16(12-19(20)26)30-23(33)22-24(34)31(11-10-28-22)17-5-2-15(25)3-6-17/h2-13H,1H3,(H,30,33)(H,27,29,32). The highest BCUT2D eigenvalue weighted by Crippen LogP contribution is 2.27. The van der Waals surface area contributed by atoms with Crippen LogP contribution in [0.15, 0.2) is 78.0 Å². The fourth-order valence-corrected chi connectivity index (χ4v) is 3.20. The lowest BCUT2D eigenvalue weighted by molar-refractivity contribution is -0.114. The van der Waals surface area contributed by atoms with Crippen molar-refractivity contribution in [3.63, 3.8) is 0 Å². The highest BCUT2D eigenvalue weighted by molar-refractivity contribution is 6.30. The van der Waals surface area contributed by atoms with E-state index in [1.807, 2.05) is 0 Å². The van der Waals surface area contributed by atoms with E-state index < -0.39 is 17.3 Å². The zero-order valence-electron chi connectivity index (χ0n) is 18.2. The summed E-state index contributed by atoms with van der Waals surface area (Å²) in [5.74, 6) is -1.50. The Morgan fingerprint density at radius 2 is 1.77 bits per heavy atom. The third-order valence-electron chi connectivity index (χ3n) is 4.61. The van der Waals surface area contributed by atoms with Gasteiger partial charge in [-0.25, -0.2) is 14.4 Å². The van der Waals surface area contributed by atoms with Crippen LogP contribution in [0.1, 0.15) is 17.4 Å². The van der Waals surface area contributed by atoms with Gasteiger partial charge in [-0.15, -0.1) is 0 Å². The molecule has 2 heterocycles. The second-order valence-electron chi connectivity index (χ2n) is 7.19. The largest absolute Gasteiger partial charge is 0.454 e. The van der Waals surface area contributed by atoms with Gasteiger partial charge in [0.15, 0.2) is 17.3 Å². The van der Waals surface area contributed by atoms with E-state index in [0.717, 1.165) is 6.07 Å². The number of carbonyl (C=O) groups is 2. The quantitative estimate of drug-likeness (QED) is 0.411. The lowest BCUT2D eigenvalue weighted by atomic mass is 10.2. The first-order valence-corrected chi connectivity index (χ1v) is 10.5. The minimum atomic E-state index is -0.805. The van der Waals surface area contributed by atoms with E-state index in [9.17, 15) is 18.8 Å². The SMILES string of the molecule is CC(=O)Nc1cc(Oc2ccc(NC(=O)c3nccn(-c4ccc(Cl)cc4)c3=O)cc2F)ccn1. The zero-order valence-corrected chi connectivity index (χ0v) is 18.9.